The summed E-state index contributed by atoms with van der Waals surface area (Å²) in [6, 6.07) is 4.75. The van der Waals surface area contributed by atoms with Crippen molar-refractivity contribution in [2.75, 3.05) is 4.90 Å². The van der Waals surface area contributed by atoms with Gasteiger partial charge >= 0.3 is 0 Å². The molecule has 0 N–H and O–H groups in total. The summed E-state index contributed by atoms with van der Waals surface area (Å²) in [6.07, 6.45) is 0. The van der Waals surface area contributed by atoms with E-state index in [1.165, 1.54) is 11.5 Å². The van der Waals surface area contributed by atoms with E-state index >= 15 is 0 Å². The van der Waals surface area contributed by atoms with Gasteiger partial charge in [-0.3, -0.25) is 0 Å². The SMILES string of the molecule is Cc1ccc2c(n1)N2C(C)C. The lowest BCUT2D eigenvalue weighted by atomic mass is 10.4. The van der Waals surface area contributed by atoms with Gasteiger partial charge in [-0.25, -0.2) is 4.98 Å². The van der Waals surface area contributed by atoms with Crippen LogP contribution in [0.5, 0.6) is 0 Å². The van der Waals surface area contributed by atoms with Gasteiger partial charge in [-0.1, -0.05) is 0 Å². The lowest BCUT2D eigenvalue weighted by Gasteiger charge is -2.04. The van der Waals surface area contributed by atoms with Crippen molar-refractivity contribution < 1.29 is 0 Å². The molecular formula is C9H12N2. The number of anilines is 2. The zero-order valence-corrected chi connectivity index (χ0v) is 7.13. The molecular weight excluding hydrogens is 136 g/mol. The van der Waals surface area contributed by atoms with Gasteiger partial charge in [0.25, 0.3) is 0 Å². The van der Waals surface area contributed by atoms with E-state index in [1.807, 2.05) is 6.92 Å². The first-order valence-corrected chi connectivity index (χ1v) is 3.97. The number of aryl methyl sites for hydroxylation is 1. The van der Waals surface area contributed by atoms with E-state index in [0.717, 1.165) is 5.69 Å². The number of hydrogen-bond donors (Lipinski definition) is 0. The Kier molecular flexibility index (Phi) is 1.19. The van der Waals surface area contributed by atoms with Crippen molar-refractivity contribution in [2.45, 2.75) is 26.8 Å². The van der Waals surface area contributed by atoms with E-state index in [0.29, 0.717) is 6.04 Å². The van der Waals surface area contributed by atoms with E-state index in [9.17, 15) is 0 Å². The van der Waals surface area contributed by atoms with Crippen LogP contribution < -0.4 is 4.90 Å². The highest BCUT2D eigenvalue weighted by Crippen LogP contribution is 2.47. The summed E-state index contributed by atoms with van der Waals surface area (Å²) in [6.45, 7) is 6.38. The molecule has 0 aromatic carbocycles. The second-order valence-corrected chi connectivity index (χ2v) is 3.26. The van der Waals surface area contributed by atoms with Crippen LogP contribution in [0.2, 0.25) is 0 Å². The van der Waals surface area contributed by atoms with Gasteiger partial charge in [-0.2, -0.15) is 0 Å². The Morgan fingerprint density at radius 1 is 1.36 bits per heavy atom. The summed E-state index contributed by atoms with van der Waals surface area (Å²) in [7, 11) is 0. The fourth-order valence-corrected chi connectivity index (χ4v) is 1.37. The van der Waals surface area contributed by atoms with Crippen LogP contribution in [-0.4, -0.2) is 11.0 Å². The molecule has 11 heavy (non-hydrogen) atoms. The second-order valence-electron chi connectivity index (χ2n) is 3.26. The summed E-state index contributed by atoms with van der Waals surface area (Å²) >= 11 is 0. The molecule has 2 rings (SSSR count). The maximum Gasteiger partial charge on any atom is 0.157 e. The molecule has 0 spiro atoms. The molecule has 0 saturated heterocycles. The molecule has 0 fully saturated rings. The standard InChI is InChI=1S/C9H12N2/c1-6(2)11-8-5-4-7(3)10-9(8)11/h4-6H,1-3H3. The average molecular weight is 148 g/mol. The van der Waals surface area contributed by atoms with Crippen molar-refractivity contribution in [2.24, 2.45) is 0 Å². The molecule has 58 valence electrons. The molecule has 0 radical (unpaired) electrons. The molecule has 1 aromatic rings. The number of aromatic nitrogens is 1. The number of fused-ring (bicyclic) bond motifs is 1. The van der Waals surface area contributed by atoms with Gasteiger partial charge in [0.15, 0.2) is 5.82 Å². The van der Waals surface area contributed by atoms with Gasteiger partial charge in [0, 0.05) is 11.7 Å². The first kappa shape index (κ1) is 6.65. The van der Waals surface area contributed by atoms with Crippen LogP contribution in [0.25, 0.3) is 0 Å². The van der Waals surface area contributed by atoms with Gasteiger partial charge in [0.05, 0.1) is 5.69 Å². The summed E-state index contributed by atoms with van der Waals surface area (Å²) in [5.74, 6) is 1.17. The highest BCUT2D eigenvalue weighted by Gasteiger charge is 2.32. The Morgan fingerprint density at radius 2 is 2.09 bits per heavy atom. The summed E-state index contributed by atoms with van der Waals surface area (Å²) in [5, 5.41) is 0. The Hall–Kier alpha value is -1.05. The quantitative estimate of drug-likeness (QED) is 0.568. The van der Waals surface area contributed by atoms with Crippen molar-refractivity contribution in [1.82, 2.24) is 4.98 Å². The Morgan fingerprint density at radius 3 is 2.64 bits per heavy atom. The smallest absolute Gasteiger partial charge is 0.157 e. The van der Waals surface area contributed by atoms with E-state index in [-0.39, 0.29) is 0 Å². The van der Waals surface area contributed by atoms with E-state index in [4.69, 9.17) is 0 Å². The molecule has 1 aliphatic heterocycles. The van der Waals surface area contributed by atoms with Crippen LogP contribution in [0.15, 0.2) is 12.1 Å². The van der Waals surface area contributed by atoms with Crippen molar-refractivity contribution >= 4 is 11.5 Å². The predicted molar refractivity (Wildman–Crippen MR) is 46.2 cm³/mol. The van der Waals surface area contributed by atoms with E-state index in [2.05, 4.69) is 35.9 Å². The van der Waals surface area contributed by atoms with Crippen LogP contribution >= 0.6 is 0 Å². The Bertz CT molecular complexity index is 292. The van der Waals surface area contributed by atoms with E-state index < -0.39 is 0 Å². The number of rotatable bonds is 1. The number of nitrogens with zero attached hydrogens (tertiary/aromatic N) is 2. The summed E-state index contributed by atoms with van der Waals surface area (Å²) in [5.41, 5.74) is 2.40. The van der Waals surface area contributed by atoms with Gasteiger partial charge in [0.1, 0.15) is 0 Å². The van der Waals surface area contributed by atoms with Crippen LogP contribution in [0.3, 0.4) is 0 Å². The maximum atomic E-state index is 4.39. The molecule has 1 aliphatic rings. The molecule has 0 saturated carbocycles. The zero-order valence-electron chi connectivity index (χ0n) is 7.13. The largest absolute Gasteiger partial charge is 0.319 e. The van der Waals surface area contributed by atoms with Gasteiger partial charge < -0.3 is 4.90 Å². The fraction of sp³-hybridized carbons (Fsp3) is 0.444. The van der Waals surface area contributed by atoms with Crippen LogP contribution in [0.4, 0.5) is 11.5 Å². The average Bonchev–Trinajstić information content (AvgIpc) is 2.60. The van der Waals surface area contributed by atoms with Crippen molar-refractivity contribution in [3.05, 3.63) is 17.8 Å². The molecule has 2 heteroatoms. The molecule has 1 aromatic heterocycles. The van der Waals surface area contributed by atoms with E-state index in [1.54, 1.807) is 0 Å². The number of hydrogen-bond acceptors (Lipinski definition) is 2. The molecule has 0 amide bonds. The molecule has 2 nitrogen and oxygen atoms in total. The monoisotopic (exact) mass is 148 g/mol. The minimum Gasteiger partial charge on any atom is -0.319 e. The van der Waals surface area contributed by atoms with Crippen molar-refractivity contribution in [3.8, 4) is 0 Å². The summed E-state index contributed by atoms with van der Waals surface area (Å²) < 4.78 is 0. The van der Waals surface area contributed by atoms with Gasteiger partial charge in [0.2, 0.25) is 0 Å². The minimum absolute atomic E-state index is 0.555. The van der Waals surface area contributed by atoms with Crippen LogP contribution in [0.1, 0.15) is 19.5 Å². The topological polar surface area (TPSA) is 15.9 Å². The molecule has 0 aliphatic carbocycles. The lowest BCUT2D eigenvalue weighted by molar-refractivity contribution is 0.834. The van der Waals surface area contributed by atoms with Gasteiger partial charge in [-0.05, 0) is 32.9 Å². The Labute approximate surface area is 66.9 Å². The van der Waals surface area contributed by atoms with Crippen LogP contribution in [-0.2, 0) is 0 Å². The fourth-order valence-electron chi connectivity index (χ4n) is 1.37. The first-order chi connectivity index (χ1) is 5.20. The summed E-state index contributed by atoms with van der Waals surface area (Å²) in [4.78, 5) is 6.64. The maximum absolute atomic E-state index is 4.39. The minimum atomic E-state index is 0.555. The zero-order chi connectivity index (χ0) is 8.01. The molecule has 0 unspecified atom stereocenters. The number of pyridine rings is 1. The highest BCUT2D eigenvalue weighted by atomic mass is 15.3. The molecule has 0 bridgehead atoms. The normalized spacial score (nSPS) is 13.6. The predicted octanol–water partition coefficient (Wildman–Crippen LogP) is 2.25. The van der Waals surface area contributed by atoms with Crippen molar-refractivity contribution in [3.63, 3.8) is 0 Å². The van der Waals surface area contributed by atoms with Crippen molar-refractivity contribution in [1.29, 1.82) is 0 Å². The first-order valence-electron chi connectivity index (χ1n) is 3.97. The molecule has 0 atom stereocenters. The lowest BCUT2D eigenvalue weighted by Crippen LogP contribution is -2.10. The molecule has 2 heterocycles. The highest BCUT2D eigenvalue weighted by molar-refractivity contribution is 5.89. The van der Waals surface area contributed by atoms with Gasteiger partial charge in [-0.15, -0.1) is 0 Å². The van der Waals surface area contributed by atoms with Crippen LogP contribution in [0, 0.1) is 6.92 Å². The third-order valence-corrected chi connectivity index (χ3v) is 1.95. The third-order valence-electron chi connectivity index (χ3n) is 1.95. The second kappa shape index (κ2) is 1.97. The Balaban J connectivity index is 2.31. The third kappa shape index (κ3) is 0.897.